The van der Waals surface area contributed by atoms with Gasteiger partial charge in [-0.25, -0.2) is 13.1 Å². The number of aromatic nitrogens is 1. The first-order chi connectivity index (χ1) is 13.9. The second-order valence-corrected chi connectivity index (χ2v) is 10.1. The van der Waals surface area contributed by atoms with Gasteiger partial charge in [0.15, 0.2) is 0 Å². The minimum absolute atomic E-state index is 0.0239. The summed E-state index contributed by atoms with van der Waals surface area (Å²) in [7, 11) is -3.16. The topological polar surface area (TPSA) is 82.8 Å². The molecule has 1 saturated heterocycles. The molecule has 2 aromatic rings. The van der Waals surface area contributed by atoms with Crippen LogP contribution in [0.25, 0.3) is 17.2 Å². The first-order valence-corrected chi connectivity index (χ1v) is 11.7. The second kappa shape index (κ2) is 7.74. The Bertz CT molecular complexity index is 1070. The van der Waals surface area contributed by atoms with Crippen molar-refractivity contribution < 1.29 is 8.42 Å². The first-order valence-electron chi connectivity index (χ1n) is 10.0. The number of nitriles is 1. The molecule has 2 heterocycles. The summed E-state index contributed by atoms with van der Waals surface area (Å²) in [6.45, 7) is 4.42. The van der Waals surface area contributed by atoms with E-state index in [1.54, 1.807) is 12.3 Å². The van der Waals surface area contributed by atoms with E-state index in [-0.39, 0.29) is 23.6 Å². The van der Waals surface area contributed by atoms with Crippen LogP contribution in [0.2, 0.25) is 0 Å². The summed E-state index contributed by atoms with van der Waals surface area (Å²) in [5, 5.41) is 9.29. The molecule has 0 unspecified atom stereocenters. The highest BCUT2D eigenvalue weighted by Gasteiger charge is 2.47. The normalized spacial score (nSPS) is 30.7. The van der Waals surface area contributed by atoms with Crippen LogP contribution in [0.15, 0.2) is 48.7 Å². The largest absolute Gasteiger partial charge is 0.256 e. The Morgan fingerprint density at radius 1 is 1.21 bits per heavy atom. The molecule has 2 aliphatic rings. The predicted molar refractivity (Wildman–Crippen MR) is 114 cm³/mol. The molecule has 6 heteroatoms. The van der Waals surface area contributed by atoms with Gasteiger partial charge in [0.2, 0.25) is 10.0 Å². The van der Waals surface area contributed by atoms with Crippen LogP contribution in [-0.2, 0) is 10.0 Å². The first kappa shape index (κ1) is 19.8. The van der Waals surface area contributed by atoms with Gasteiger partial charge in [-0.2, -0.15) is 5.26 Å². The van der Waals surface area contributed by atoms with Crippen molar-refractivity contribution in [3.63, 3.8) is 0 Å². The van der Waals surface area contributed by atoms with Gasteiger partial charge in [-0.1, -0.05) is 44.2 Å². The molecule has 1 aliphatic heterocycles. The monoisotopic (exact) mass is 407 g/mol. The third-order valence-corrected chi connectivity index (χ3v) is 7.98. The molecule has 0 bridgehead atoms. The van der Waals surface area contributed by atoms with Gasteiger partial charge in [0, 0.05) is 23.4 Å². The average molecular weight is 408 g/mol. The van der Waals surface area contributed by atoms with Crippen molar-refractivity contribution in [2.45, 2.75) is 26.3 Å². The second-order valence-electron chi connectivity index (χ2n) is 8.32. The quantitative estimate of drug-likeness (QED) is 0.838. The van der Waals surface area contributed by atoms with Crippen molar-refractivity contribution in [2.75, 3.05) is 5.75 Å². The molecule has 1 aromatic heterocycles. The standard InChI is InChI=1S/C23H25N3O2S/c1-15-11-19-14-29(27,28)26-23(19)21(16(15)2)10-9-20-8-7-18(13-25-20)22-6-4-3-5-17(22)12-24/h3-10,13,15-16,19,21,23,26H,11,14H2,1-2H3/b10-9+/t15-,16+,19-,21-,23+/m0/s1. The van der Waals surface area contributed by atoms with Gasteiger partial charge in [-0.15, -0.1) is 0 Å². The van der Waals surface area contributed by atoms with Crippen LogP contribution in [0.1, 0.15) is 31.5 Å². The van der Waals surface area contributed by atoms with E-state index >= 15 is 0 Å². The fourth-order valence-electron chi connectivity index (χ4n) is 4.74. The molecule has 29 heavy (non-hydrogen) atoms. The summed E-state index contributed by atoms with van der Waals surface area (Å²) >= 11 is 0. The van der Waals surface area contributed by atoms with Gasteiger partial charge in [0.25, 0.3) is 0 Å². The van der Waals surface area contributed by atoms with E-state index in [4.69, 9.17) is 0 Å². The number of hydrogen-bond donors (Lipinski definition) is 1. The molecule has 0 amide bonds. The van der Waals surface area contributed by atoms with Crippen LogP contribution >= 0.6 is 0 Å². The van der Waals surface area contributed by atoms with E-state index in [1.165, 1.54) is 0 Å². The highest BCUT2D eigenvalue weighted by atomic mass is 32.2. The molecule has 0 radical (unpaired) electrons. The third-order valence-electron chi connectivity index (χ3n) is 6.48. The average Bonchev–Trinajstić information content (AvgIpc) is 3.02. The highest BCUT2D eigenvalue weighted by molar-refractivity contribution is 7.89. The summed E-state index contributed by atoms with van der Waals surface area (Å²) < 4.78 is 27.1. The van der Waals surface area contributed by atoms with Crippen molar-refractivity contribution >= 4 is 16.1 Å². The van der Waals surface area contributed by atoms with E-state index in [2.05, 4.69) is 35.7 Å². The van der Waals surface area contributed by atoms with Crippen molar-refractivity contribution in [3.8, 4) is 17.2 Å². The fourth-order valence-corrected chi connectivity index (χ4v) is 6.51. The molecule has 4 rings (SSSR count). The molecular formula is C23H25N3O2S. The van der Waals surface area contributed by atoms with Gasteiger partial charge in [0.1, 0.15) is 0 Å². The molecule has 1 aliphatic carbocycles. The third kappa shape index (κ3) is 3.98. The maximum atomic E-state index is 12.1. The molecule has 150 valence electrons. The Balaban J connectivity index is 1.56. The number of sulfonamides is 1. The Kier molecular flexibility index (Phi) is 5.28. The fraction of sp³-hybridized carbons (Fsp3) is 0.391. The van der Waals surface area contributed by atoms with E-state index in [1.807, 2.05) is 36.4 Å². The smallest absolute Gasteiger partial charge is 0.212 e. The number of pyridine rings is 1. The van der Waals surface area contributed by atoms with Crippen molar-refractivity contribution in [1.29, 1.82) is 5.26 Å². The minimum Gasteiger partial charge on any atom is -0.256 e. The van der Waals surface area contributed by atoms with Crippen molar-refractivity contribution in [2.24, 2.45) is 23.7 Å². The van der Waals surface area contributed by atoms with Gasteiger partial charge >= 0.3 is 0 Å². The molecule has 2 fully saturated rings. The zero-order valence-electron chi connectivity index (χ0n) is 16.6. The van der Waals surface area contributed by atoms with Crippen LogP contribution in [0.5, 0.6) is 0 Å². The lowest BCUT2D eigenvalue weighted by atomic mass is 9.67. The van der Waals surface area contributed by atoms with Crippen LogP contribution < -0.4 is 4.72 Å². The summed E-state index contributed by atoms with van der Waals surface area (Å²) in [4.78, 5) is 4.54. The van der Waals surface area contributed by atoms with Crippen LogP contribution in [0, 0.1) is 35.0 Å². The zero-order valence-corrected chi connectivity index (χ0v) is 17.4. The molecule has 5 nitrogen and oxygen atoms in total. The highest BCUT2D eigenvalue weighted by Crippen LogP contribution is 2.42. The Hall–Kier alpha value is -2.49. The van der Waals surface area contributed by atoms with E-state index in [9.17, 15) is 13.7 Å². The Morgan fingerprint density at radius 2 is 2.00 bits per heavy atom. The van der Waals surface area contributed by atoms with Crippen molar-refractivity contribution in [1.82, 2.24) is 9.71 Å². The Morgan fingerprint density at radius 3 is 2.72 bits per heavy atom. The summed E-state index contributed by atoms with van der Waals surface area (Å²) in [5.41, 5.74) is 3.23. The molecule has 0 spiro atoms. The maximum Gasteiger partial charge on any atom is 0.212 e. The van der Waals surface area contributed by atoms with Crippen LogP contribution in [-0.4, -0.2) is 25.2 Å². The van der Waals surface area contributed by atoms with Gasteiger partial charge in [-0.3, -0.25) is 4.98 Å². The van der Waals surface area contributed by atoms with Gasteiger partial charge in [0.05, 0.1) is 23.1 Å². The SMILES string of the molecule is C[C@H]1[C@H](/C=C/c2ccc(-c3ccccc3C#N)cn2)[C@@H]2NS(=O)(=O)C[C@@H]2C[C@@H]1C. The molecular weight excluding hydrogens is 382 g/mol. The zero-order chi connectivity index (χ0) is 20.6. The number of nitrogens with one attached hydrogen (secondary N) is 1. The number of benzene rings is 1. The predicted octanol–water partition coefficient (Wildman–Crippen LogP) is 3.84. The van der Waals surface area contributed by atoms with E-state index in [0.717, 1.165) is 23.2 Å². The lowest BCUT2D eigenvalue weighted by molar-refractivity contribution is 0.143. The van der Waals surface area contributed by atoms with Gasteiger partial charge in [-0.05, 0) is 48.3 Å². The van der Waals surface area contributed by atoms with Crippen LogP contribution in [0.3, 0.4) is 0 Å². The lowest BCUT2D eigenvalue weighted by Crippen LogP contribution is -2.44. The maximum absolute atomic E-state index is 12.1. The van der Waals surface area contributed by atoms with Gasteiger partial charge < -0.3 is 0 Å². The summed E-state index contributed by atoms with van der Waals surface area (Å²) in [6, 6.07) is 13.6. The Labute approximate surface area is 172 Å². The minimum atomic E-state index is -3.16. The number of fused-ring (bicyclic) bond motifs is 1. The van der Waals surface area contributed by atoms with Crippen molar-refractivity contribution in [3.05, 3.63) is 59.9 Å². The number of rotatable bonds is 3. The summed E-state index contributed by atoms with van der Waals surface area (Å²) in [5.74, 6) is 1.46. The molecule has 5 atom stereocenters. The van der Waals surface area contributed by atoms with E-state index < -0.39 is 10.0 Å². The number of hydrogen-bond acceptors (Lipinski definition) is 4. The molecule has 1 aromatic carbocycles. The molecule has 1 saturated carbocycles. The van der Waals surface area contributed by atoms with Crippen LogP contribution in [0.4, 0.5) is 0 Å². The summed E-state index contributed by atoms with van der Waals surface area (Å²) in [6.07, 6.45) is 6.84. The molecule has 1 N–H and O–H groups in total. The lowest BCUT2D eigenvalue weighted by Gasteiger charge is -2.40. The number of nitrogens with zero attached hydrogens (tertiary/aromatic N) is 2. The van der Waals surface area contributed by atoms with E-state index in [0.29, 0.717) is 17.4 Å².